The Morgan fingerprint density at radius 2 is 1.07 bits per heavy atom. The zero-order valence-electron chi connectivity index (χ0n) is 27.5. The first kappa shape index (κ1) is 42.0. The molecule has 0 aromatic heterocycles. The van der Waals surface area contributed by atoms with E-state index in [0.717, 1.165) is 64.2 Å². The monoisotopic (exact) mass is 640 g/mol. The fourth-order valence-corrected chi connectivity index (χ4v) is 4.66. The van der Waals surface area contributed by atoms with E-state index >= 15 is 0 Å². The molecule has 44 heavy (non-hydrogen) atoms. The van der Waals surface area contributed by atoms with Crippen molar-refractivity contribution in [3.63, 3.8) is 0 Å². The van der Waals surface area contributed by atoms with E-state index in [1.807, 2.05) is 0 Å². The van der Waals surface area contributed by atoms with Gasteiger partial charge in [-0.25, -0.2) is 4.57 Å². The maximum absolute atomic E-state index is 12.3. The van der Waals surface area contributed by atoms with Gasteiger partial charge < -0.3 is 19.3 Å². The largest absolute Gasteiger partial charge is 0.469 e. The minimum absolute atomic E-state index is 0.174. The first-order chi connectivity index (χ1) is 21.3. The fourth-order valence-electron chi connectivity index (χ4n) is 4.30. The smallest absolute Gasteiger partial charge is 0.462 e. The van der Waals surface area contributed by atoms with Gasteiger partial charge in [0.1, 0.15) is 6.61 Å². The molecule has 8 nitrogen and oxygen atoms in total. The van der Waals surface area contributed by atoms with Crippen molar-refractivity contribution in [2.75, 3.05) is 13.2 Å². The summed E-state index contributed by atoms with van der Waals surface area (Å²) in [5, 5.41) is 0. The van der Waals surface area contributed by atoms with Crippen molar-refractivity contribution < 1.29 is 37.9 Å². The molecule has 0 unspecified atom stereocenters. The molecule has 0 fully saturated rings. The Morgan fingerprint density at radius 1 is 0.591 bits per heavy atom. The molecule has 0 spiro atoms. The van der Waals surface area contributed by atoms with Crippen LogP contribution >= 0.6 is 7.82 Å². The van der Waals surface area contributed by atoms with Gasteiger partial charge in [0.15, 0.2) is 6.10 Å². The number of carbonyl (C=O) groups excluding carboxylic acids is 2. The molecule has 0 aromatic rings. The Kier molecular flexibility index (Phi) is 29.6. The summed E-state index contributed by atoms with van der Waals surface area (Å²) in [6.07, 6.45) is 35.5. The van der Waals surface area contributed by atoms with Gasteiger partial charge >= 0.3 is 19.8 Å². The predicted octanol–water partition coefficient (Wildman–Crippen LogP) is 9.62. The summed E-state index contributed by atoms with van der Waals surface area (Å²) in [5.41, 5.74) is 0. The number of hydrogen-bond acceptors (Lipinski definition) is 6. The van der Waals surface area contributed by atoms with Crippen molar-refractivity contribution in [3.05, 3.63) is 48.6 Å². The Morgan fingerprint density at radius 3 is 1.61 bits per heavy atom. The molecule has 0 rings (SSSR count). The van der Waals surface area contributed by atoms with Gasteiger partial charge in [0, 0.05) is 12.8 Å². The second kappa shape index (κ2) is 31.0. The number of allylic oxidation sites excluding steroid dienone is 8. The van der Waals surface area contributed by atoms with Crippen LogP contribution in [-0.4, -0.2) is 41.0 Å². The lowest BCUT2D eigenvalue weighted by Gasteiger charge is -2.18. The van der Waals surface area contributed by atoms with E-state index < -0.39 is 32.5 Å². The number of ether oxygens (including phenoxy) is 2. The van der Waals surface area contributed by atoms with Crippen LogP contribution < -0.4 is 0 Å². The van der Waals surface area contributed by atoms with Crippen molar-refractivity contribution in [3.8, 4) is 0 Å². The van der Waals surface area contributed by atoms with Crippen LogP contribution in [-0.2, 0) is 28.2 Å². The van der Waals surface area contributed by atoms with Crippen LogP contribution in [0.5, 0.6) is 0 Å². The van der Waals surface area contributed by atoms with Gasteiger partial charge in [0.25, 0.3) is 0 Å². The zero-order valence-corrected chi connectivity index (χ0v) is 28.4. The maximum Gasteiger partial charge on any atom is 0.469 e. The number of phosphoric acid groups is 1. The highest BCUT2D eigenvalue weighted by molar-refractivity contribution is 7.46. The molecule has 254 valence electrons. The Labute approximate surface area is 267 Å². The van der Waals surface area contributed by atoms with Gasteiger partial charge in [-0.1, -0.05) is 127 Å². The number of esters is 2. The quantitative estimate of drug-likeness (QED) is 0.0345. The topological polar surface area (TPSA) is 119 Å². The summed E-state index contributed by atoms with van der Waals surface area (Å²) in [7, 11) is -4.75. The van der Waals surface area contributed by atoms with E-state index in [4.69, 9.17) is 19.3 Å². The third-order valence-electron chi connectivity index (χ3n) is 6.83. The van der Waals surface area contributed by atoms with Gasteiger partial charge in [-0.2, -0.15) is 0 Å². The van der Waals surface area contributed by atoms with Gasteiger partial charge in [-0.3, -0.25) is 14.1 Å². The predicted molar refractivity (Wildman–Crippen MR) is 179 cm³/mol. The Bertz CT molecular complexity index is 859. The van der Waals surface area contributed by atoms with Crippen molar-refractivity contribution >= 4 is 19.8 Å². The summed E-state index contributed by atoms with van der Waals surface area (Å²) in [4.78, 5) is 42.4. The van der Waals surface area contributed by atoms with E-state index in [1.165, 1.54) is 44.9 Å². The summed E-state index contributed by atoms with van der Waals surface area (Å²) in [5.74, 6) is -0.928. The standard InChI is InChI=1S/C35H61O8P/c1-3-5-7-9-11-13-14-15-16-17-18-19-20-22-24-26-28-30-35(37)43-33(32-42-44(38,39)40)31-41-34(36)29-27-25-23-21-12-10-8-6-4-2/h7,9,13-14,16-17,19-20,33H,3-6,8,10-12,15,18,21-32H2,1-2H3,(H2,38,39,40)/b9-7+,14-13+,17-16+,20-19+/t33-/m1/s1. The molecule has 0 aromatic carbocycles. The molecule has 0 saturated heterocycles. The van der Waals surface area contributed by atoms with E-state index in [9.17, 15) is 14.2 Å². The normalized spacial score (nSPS) is 13.1. The fraction of sp³-hybridized carbons (Fsp3) is 0.714. The van der Waals surface area contributed by atoms with Crippen LogP contribution in [0.15, 0.2) is 48.6 Å². The molecule has 0 amide bonds. The third kappa shape index (κ3) is 32.9. The number of phosphoric ester groups is 1. The second-order valence-electron chi connectivity index (χ2n) is 11.1. The summed E-state index contributed by atoms with van der Waals surface area (Å²) in [6.45, 7) is 3.53. The van der Waals surface area contributed by atoms with Crippen LogP contribution in [0.4, 0.5) is 0 Å². The second-order valence-corrected chi connectivity index (χ2v) is 12.4. The van der Waals surface area contributed by atoms with Crippen molar-refractivity contribution in [1.29, 1.82) is 0 Å². The number of unbranched alkanes of at least 4 members (excludes halogenated alkanes) is 12. The molecule has 0 aliphatic carbocycles. The molecule has 0 radical (unpaired) electrons. The van der Waals surface area contributed by atoms with Crippen molar-refractivity contribution in [1.82, 2.24) is 0 Å². The van der Waals surface area contributed by atoms with Crippen LogP contribution in [0.3, 0.4) is 0 Å². The Balaban J connectivity index is 4.09. The maximum atomic E-state index is 12.3. The molecule has 9 heteroatoms. The third-order valence-corrected chi connectivity index (χ3v) is 7.32. The SMILES string of the molecule is CCC/C=C/C/C=C/C/C=C/C/C=C/CCCCCC(=O)O[C@H](COC(=O)CCCCCCCCCCC)COP(=O)(O)O. The first-order valence-corrected chi connectivity index (χ1v) is 18.5. The number of rotatable bonds is 30. The molecule has 0 aliphatic rings. The van der Waals surface area contributed by atoms with Crippen molar-refractivity contribution in [2.45, 2.75) is 148 Å². The van der Waals surface area contributed by atoms with Crippen LogP contribution in [0.25, 0.3) is 0 Å². The van der Waals surface area contributed by atoms with E-state index in [0.29, 0.717) is 6.42 Å². The van der Waals surface area contributed by atoms with Crippen LogP contribution in [0.1, 0.15) is 142 Å². The van der Waals surface area contributed by atoms with Gasteiger partial charge in [0.05, 0.1) is 6.61 Å². The molecule has 2 N–H and O–H groups in total. The van der Waals surface area contributed by atoms with Crippen LogP contribution in [0, 0.1) is 0 Å². The van der Waals surface area contributed by atoms with E-state index in [2.05, 4.69) is 67.0 Å². The van der Waals surface area contributed by atoms with Crippen molar-refractivity contribution in [2.24, 2.45) is 0 Å². The molecular formula is C35H61O8P. The molecular weight excluding hydrogens is 579 g/mol. The van der Waals surface area contributed by atoms with Gasteiger partial charge in [-0.15, -0.1) is 0 Å². The molecule has 1 atom stereocenters. The van der Waals surface area contributed by atoms with E-state index in [-0.39, 0.29) is 19.4 Å². The highest BCUT2D eigenvalue weighted by atomic mass is 31.2. The molecule has 0 aliphatic heterocycles. The summed E-state index contributed by atoms with van der Waals surface area (Å²) >= 11 is 0. The lowest BCUT2D eigenvalue weighted by Crippen LogP contribution is -2.29. The average molecular weight is 641 g/mol. The van der Waals surface area contributed by atoms with Gasteiger partial charge in [0.2, 0.25) is 0 Å². The summed E-state index contributed by atoms with van der Waals surface area (Å²) in [6, 6.07) is 0. The average Bonchev–Trinajstić information content (AvgIpc) is 2.98. The lowest BCUT2D eigenvalue weighted by molar-refractivity contribution is -0.161. The molecule has 0 bridgehead atoms. The zero-order chi connectivity index (χ0) is 32.6. The first-order valence-electron chi connectivity index (χ1n) is 16.9. The lowest BCUT2D eigenvalue weighted by atomic mass is 10.1. The molecule has 0 heterocycles. The highest BCUT2D eigenvalue weighted by Gasteiger charge is 2.22. The Hall–Kier alpha value is -1.99. The number of carbonyl (C=O) groups is 2. The molecule has 0 saturated carbocycles. The van der Waals surface area contributed by atoms with Gasteiger partial charge in [-0.05, 0) is 51.4 Å². The minimum Gasteiger partial charge on any atom is -0.462 e. The minimum atomic E-state index is -4.75. The summed E-state index contributed by atoms with van der Waals surface area (Å²) < 4.78 is 26.1. The van der Waals surface area contributed by atoms with Crippen LogP contribution in [0.2, 0.25) is 0 Å². The van der Waals surface area contributed by atoms with E-state index in [1.54, 1.807) is 0 Å². The number of hydrogen-bond donors (Lipinski definition) is 2. The highest BCUT2D eigenvalue weighted by Crippen LogP contribution is 2.35.